The number of rotatable bonds is 11. The molecule has 2 aromatic rings. The quantitative estimate of drug-likeness (QED) is 0.316. The molecule has 36 heavy (non-hydrogen) atoms. The lowest BCUT2D eigenvalue weighted by Crippen LogP contribution is -2.36. The van der Waals surface area contributed by atoms with E-state index in [2.05, 4.69) is 20.7 Å². The van der Waals surface area contributed by atoms with E-state index < -0.39 is 35.5 Å². The minimum absolute atomic E-state index is 0.0488. The molecule has 0 spiro atoms. The van der Waals surface area contributed by atoms with Gasteiger partial charge in [0.2, 0.25) is 11.8 Å². The molecule has 0 saturated heterocycles. The number of ether oxygens (including phenoxy) is 3. The minimum atomic E-state index is -0.711. The summed E-state index contributed by atoms with van der Waals surface area (Å²) >= 11 is 0. The lowest BCUT2D eigenvalue weighted by molar-refractivity contribution is -0.135. The highest BCUT2D eigenvalue weighted by molar-refractivity contribution is 5.97. The summed E-state index contributed by atoms with van der Waals surface area (Å²) in [4.78, 5) is 47.7. The Morgan fingerprint density at radius 2 is 1.67 bits per heavy atom. The molecular formula is C25H28FN3O7. The Morgan fingerprint density at radius 1 is 0.944 bits per heavy atom. The van der Waals surface area contributed by atoms with E-state index in [1.807, 2.05) is 0 Å². The molecule has 0 heterocycles. The van der Waals surface area contributed by atoms with Crippen LogP contribution in [-0.2, 0) is 25.7 Å². The predicted octanol–water partition coefficient (Wildman–Crippen LogP) is 1.80. The average molecular weight is 502 g/mol. The van der Waals surface area contributed by atoms with Gasteiger partial charge in [-0.25, -0.2) is 9.18 Å². The van der Waals surface area contributed by atoms with Gasteiger partial charge in [0.05, 0.1) is 33.9 Å². The summed E-state index contributed by atoms with van der Waals surface area (Å²) in [6.07, 6.45) is 1.85. The second kappa shape index (κ2) is 13.5. The third kappa shape index (κ3) is 8.12. The fourth-order valence-electron chi connectivity index (χ4n) is 3.09. The van der Waals surface area contributed by atoms with Crippen molar-refractivity contribution in [2.45, 2.75) is 19.5 Å². The van der Waals surface area contributed by atoms with Crippen molar-refractivity contribution >= 4 is 23.7 Å². The van der Waals surface area contributed by atoms with Gasteiger partial charge in [0.1, 0.15) is 5.82 Å². The highest BCUT2D eigenvalue weighted by atomic mass is 19.1. The SMILES string of the molecule is COC(=O)/C=C/C(=O)NCC(=O)NCc1ccc(F)cc1C(=O)NC(C)c1ccc(OC)c(OC)c1. The summed E-state index contributed by atoms with van der Waals surface area (Å²) in [5.74, 6) is -2.04. The number of amides is 3. The van der Waals surface area contributed by atoms with Gasteiger partial charge in [-0.15, -0.1) is 0 Å². The Balaban J connectivity index is 2.02. The minimum Gasteiger partial charge on any atom is -0.493 e. The smallest absolute Gasteiger partial charge is 0.330 e. The Bertz CT molecular complexity index is 1150. The highest BCUT2D eigenvalue weighted by Crippen LogP contribution is 2.30. The van der Waals surface area contributed by atoms with E-state index in [9.17, 15) is 23.6 Å². The number of nitrogens with one attached hydrogen (secondary N) is 3. The first-order chi connectivity index (χ1) is 17.2. The van der Waals surface area contributed by atoms with Gasteiger partial charge in [0, 0.05) is 24.3 Å². The maximum absolute atomic E-state index is 13.9. The number of hydrogen-bond acceptors (Lipinski definition) is 7. The Kier molecular flexibility index (Phi) is 10.4. The van der Waals surface area contributed by atoms with E-state index >= 15 is 0 Å². The molecule has 1 unspecified atom stereocenters. The van der Waals surface area contributed by atoms with Crippen LogP contribution in [0.15, 0.2) is 48.6 Å². The number of halogens is 1. The predicted molar refractivity (Wildman–Crippen MR) is 128 cm³/mol. The molecule has 0 saturated carbocycles. The fraction of sp³-hybridized carbons (Fsp3) is 0.280. The number of methoxy groups -OCH3 is 3. The third-order valence-corrected chi connectivity index (χ3v) is 5.04. The molecule has 192 valence electrons. The van der Waals surface area contributed by atoms with Gasteiger partial charge in [-0.3, -0.25) is 14.4 Å². The van der Waals surface area contributed by atoms with E-state index in [1.165, 1.54) is 33.5 Å². The van der Waals surface area contributed by atoms with Crippen LogP contribution in [0.4, 0.5) is 4.39 Å². The van der Waals surface area contributed by atoms with Crippen LogP contribution in [0.3, 0.4) is 0 Å². The molecule has 0 aliphatic carbocycles. The van der Waals surface area contributed by atoms with E-state index in [0.29, 0.717) is 17.1 Å². The zero-order valence-electron chi connectivity index (χ0n) is 20.3. The summed E-state index contributed by atoms with van der Waals surface area (Å²) in [5, 5.41) is 7.67. The van der Waals surface area contributed by atoms with Crippen molar-refractivity contribution in [1.82, 2.24) is 16.0 Å². The van der Waals surface area contributed by atoms with Crippen molar-refractivity contribution in [3.05, 3.63) is 71.1 Å². The fourth-order valence-corrected chi connectivity index (χ4v) is 3.09. The highest BCUT2D eigenvalue weighted by Gasteiger charge is 2.18. The van der Waals surface area contributed by atoms with Crippen molar-refractivity contribution in [2.24, 2.45) is 0 Å². The van der Waals surface area contributed by atoms with Crippen molar-refractivity contribution in [3.63, 3.8) is 0 Å². The van der Waals surface area contributed by atoms with Crippen LogP contribution in [0.5, 0.6) is 11.5 Å². The van der Waals surface area contributed by atoms with Crippen molar-refractivity contribution in [1.29, 1.82) is 0 Å². The molecule has 2 rings (SSSR count). The van der Waals surface area contributed by atoms with Gasteiger partial charge in [0.15, 0.2) is 11.5 Å². The van der Waals surface area contributed by atoms with Crippen LogP contribution in [0.1, 0.15) is 34.5 Å². The van der Waals surface area contributed by atoms with Crippen molar-refractivity contribution < 1.29 is 37.8 Å². The van der Waals surface area contributed by atoms with Gasteiger partial charge < -0.3 is 30.2 Å². The molecular weight excluding hydrogens is 473 g/mol. The van der Waals surface area contributed by atoms with Gasteiger partial charge >= 0.3 is 5.97 Å². The normalized spacial score (nSPS) is 11.4. The van der Waals surface area contributed by atoms with Gasteiger partial charge in [-0.05, 0) is 42.3 Å². The topological polar surface area (TPSA) is 132 Å². The van der Waals surface area contributed by atoms with Crippen molar-refractivity contribution in [2.75, 3.05) is 27.9 Å². The lowest BCUT2D eigenvalue weighted by Gasteiger charge is -2.18. The third-order valence-electron chi connectivity index (χ3n) is 5.04. The maximum Gasteiger partial charge on any atom is 0.330 e. The van der Waals surface area contributed by atoms with Crippen LogP contribution < -0.4 is 25.4 Å². The molecule has 11 heteroatoms. The van der Waals surface area contributed by atoms with Crippen LogP contribution >= 0.6 is 0 Å². The molecule has 3 amide bonds. The zero-order valence-corrected chi connectivity index (χ0v) is 20.3. The van der Waals surface area contributed by atoms with Crippen LogP contribution in [0.2, 0.25) is 0 Å². The molecule has 0 aromatic heterocycles. The van der Waals surface area contributed by atoms with Crippen LogP contribution in [0.25, 0.3) is 0 Å². The Labute approximate surface area is 207 Å². The first-order valence-electron chi connectivity index (χ1n) is 10.8. The first-order valence-corrected chi connectivity index (χ1v) is 10.8. The molecule has 2 aromatic carbocycles. The van der Waals surface area contributed by atoms with Crippen molar-refractivity contribution in [3.8, 4) is 11.5 Å². The number of benzene rings is 2. The van der Waals surface area contributed by atoms with Crippen LogP contribution in [0, 0.1) is 5.82 Å². The van der Waals surface area contributed by atoms with E-state index in [-0.39, 0.29) is 18.7 Å². The maximum atomic E-state index is 13.9. The Morgan fingerprint density at radius 3 is 2.33 bits per heavy atom. The number of hydrogen-bond donors (Lipinski definition) is 3. The molecule has 10 nitrogen and oxygen atoms in total. The first kappa shape index (κ1) is 27.8. The summed E-state index contributed by atoms with van der Waals surface area (Å²) in [7, 11) is 4.19. The van der Waals surface area contributed by atoms with E-state index in [4.69, 9.17) is 9.47 Å². The van der Waals surface area contributed by atoms with E-state index in [0.717, 1.165) is 23.8 Å². The van der Waals surface area contributed by atoms with Gasteiger partial charge in [0.25, 0.3) is 5.91 Å². The summed E-state index contributed by atoms with van der Waals surface area (Å²) in [5.41, 5.74) is 1.16. The molecule has 0 bridgehead atoms. The number of carbonyl (C=O) groups excluding carboxylic acids is 4. The molecule has 1 atom stereocenters. The molecule has 0 aliphatic rings. The molecule has 3 N–H and O–H groups in total. The second-order valence-corrected chi connectivity index (χ2v) is 7.46. The van der Waals surface area contributed by atoms with Gasteiger partial charge in [-0.1, -0.05) is 12.1 Å². The zero-order chi connectivity index (χ0) is 26.7. The van der Waals surface area contributed by atoms with E-state index in [1.54, 1.807) is 25.1 Å². The summed E-state index contributed by atoms with van der Waals surface area (Å²) in [6, 6.07) is 8.41. The lowest BCUT2D eigenvalue weighted by atomic mass is 10.0. The number of esters is 1. The monoisotopic (exact) mass is 501 g/mol. The molecule has 0 radical (unpaired) electrons. The number of carbonyl (C=O) groups is 4. The van der Waals surface area contributed by atoms with Crippen LogP contribution in [-0.4, -0.2) is 51.6 Å². The van der Waals surface area contributed by atoms with Gasteiger partial charge in [-0.2, -0.15) is 0 Å². The Hall–Kier alpha value is -4.41. The molecule has 0 aliphatic heterocycles. The second-order valence-electron chi connectivity index (χ2n) is 7.46. The summed E-state index contributed by atoms with van der Waals surface area (Å²) in [6.45, 7) is 1.31. The standard InChI is InChI=1S/C25H28FN3O7/c1-15(16-6-8-20(34-2)21(11-16)35-3)29-25(33)19-12-18(26)7-5-17(19)13-27-23(31)14-28-22(30)9-10-24(32)36-4/h5-12,15H,13-14H2,1-4H3,(H,27,31)(H,28,30)(H,29,33)/b10-9+. The molecule has 0 fully saturated rings. The average Bonchev–Trinajstić information content (AvgIpc) is 2.88. The largest absolute Gasteiger partial charge is 0.493 e. The summed E-state index contributed by atoms with van der Waals surface area (Å²) < 4.78 is 28.8.